The van der Waals surface area contributed by atoms with Gasteiger partial charge in [-0.25, -0.2) is 8.78 Å². The van der Waals surface area contributed by atoms with Gasteiger partial charge in [0, 0.05) is 19.0 Å². The molecule has 0 radical (unpaired) electrons. The summed E-state index contributed by atoms with van der Waals surface area (Å²) in [5.74, 6) is -1.39. The molecule has 0 heterocycles. The largest absolute Gasteiger partial charge is 0.416 e. The Morgan fingerprint density at radius 2 is 1.73 bits per heavy atom. The van der Waals surface area contributed by atoms with Crippen molar-refractivity contribution in [2.75, 3.05) is 6.54 Å². The van der Waals surface area contributed by atoms with Gasteiger partial charge in [-0.05, 0) is 35.7 Å². The summed E-state index contributed by atoms with van der Waals surface area (Å²) in [6.07, 6.45) is -3.00. The molecular formula is C18H14F5N3. The highest BCUT2D eigenvalue weighted by Crippen LogP contribution is 2.32. The Morgan fingerprint density at radius 3 is 2.35 bits per heavy atom. The first-order valence-corrected chi connectivity index (χ1v) is 7.59. The summed E-state index contributed by atoms with van der Waals surface area (Å²) in [6.45, 7) is 0.150. The van der Waals surface area contributed by atoms with Crippen LogP contribution in [0.25, 0.3) is 0 Å². The summed E-state index contributed by atoms with van der Waals surface area (Å²) in [4.78, 5) is 3.50. The topological polar surface area (TPSA) is 48.2 Å². The zero-order chi connectivity index (χ0) is 19.2. The first-order chi connectivity index (χ1) is 12.3. The second-order valence-corrected chi connectivity index (χ2v) is 5.44. The van der Waals surface area contributed by atoms with Crippen LogP contribution in [0.2, 0.25) is 0 Å². The predicted molar refractivity (Wildman–Crippen MR) is 86.3 cm³/mol. The Hall–Kier alpha value is -2.95. The minimum Gasteiger partial charge on any atom is -0.372 e. The van der Waals surface area contributed by atoms with Gasteiger partial charge in [-0.2, -0.15) is 23.4 Å². The molecule has 0 spiro atoms. The first kappa shape index (κ1) is 19.4. The molecule has 0 aliphatic rings. The number of benzene rings is 2. The van der Waals surface area contributed by atoms with E-state index in [2.05, 4.69) is 10.3 Å². The van der Waals surface area contributed by atoms with Gasteiger partial charge in [-0.3, -0.25) is 0 Å². The summed E-state index contributed by atoms with van der Waals surface area (Å²) in [5.41, 5.74) is -0.458. The summed E-state index contributed by atoms with van der Waals surface area (Å²) < 4.78 is 65.4. The number of alkyl halides is 3. The number of hydrogen-bond acceptors (Lipinski definition) is 2. The van der Waals surface area contributed by atoms with Gasteiger partial charge >= 0.3 is 6.18 Å². The number of nitrogens with zero attached hydrogens (tertiary/aromatic N) is 2. The van der Waals surface area contributed by atoms with E-state index in [1.165, 1.54) is 24.4 Å². The molecule has 0 aliphatic heterocycles. The third-order valence-electron chi connectivity index (χ3n) is 3.53. The Balaban J connectivity index is 2.07. The van der Waals surface area contributed by atoms with Crippen molar-refractivity contribution in [2.24, 2.45) is 4.99 Å². The normalized spacial score (nSPS) is 11.9. The SMILES string of the molecule is N#CN=C(Cc1ccccc1C(F)(F)F)NCCc1cc(F)cc(F)c1. The van der Waals surface area contributed by atoms with E-state index < -0.39 is 23.4 Å². The standard InChI is InChI=1S/C18H14F5N3/c19-14-7-12(8-15(20)10-14)5-6-25-17(26-11-24)9-13-3-1-2-4-16(13)18(21,22)23/h1-4,7-8,10H,5-6,9H2,(H,25,26). The summed E-state index contributed by atoms with van der Waals surface area (Å²) >= 11 is 0. The van der Waals surface area contributed by atoms with Crippen LogP contribution in [0.1, 0.15) is 16.7 Å². The number of hydrogen-bond donors (Lipinski definition) is 1. The van der Waals surface area contributed by atoms with E-state index in [9.17, 15) is 22.0 Å². The summed E-state index contributed by atoms with van der Waals surface area (Å²) in [7, 11) is 0. The fraction of sp³-hybridized carbons (Fsp3) is 0.222. The molecule has 0 aromatic heterocycles. The Kier molecular flexibility index (Phi) is 6.28. The molecule has 0 amide bonds. The van der Waals surface area contributed by atoms with Gasteiger partial charge in [-0.1, -0.05) is 18.2 Å². The van der Waals surface area contributed by atoms with E-state index >= 15 is 0 Å². The van der Waals surface area contributed by atoms with Crippen molar-refractivity contribution in [3.05, 3.63) is 70.8 Å². The monoisotopic (exact) mass is 367 g/mol. The molecule has 26 heavy (non-hydrogen) atoms. The fourth-order valence-corrected chi connectivity index (χ4v) is 2.44. The lowest BCUT2D eigenvalue weighted by molar-refractivity contribution is -0.138. The zero-order valence-corrected chi connectivity index (χ0v) is 13.4. The van der Waals surface area contributed by atoms with Crippen molar-refractivity contribution in [1.82, 2.24) is 5.32 Å². The highest BCUT2D eigenvalue weighted by Gasteiger charge is 2.33. The molecule has 0 aliphatic carbocycles. The smallest absolute Gasteiger partial charge is 0.372 e. The van der Waals surface area contributed by atoms with Gasteiger partial charge in [0.1, 0.15) is 17.5 Å². The Morgan fingerprint density at radius 1 is 1.08 bits per heavy atom. The van der Waals surface area contributed by atoms with Crippen LogP contribution >= 0.6 is 0 Å². The molecule has 8 heteroatoms. The van der Waals surface area contributed by atoms with Gasteiger partial charge < -0.3 is 5.32 Å². The molecule has 1 N–H and O–H groups in total. The van der Waals surface area contributed by atoms with Gasteiger partial charge in [0.25, 0.3) is 0 Å². The van der Waals surface area contributed by atoms with Crippen LogP contribution in [0.15, 0.2) is 47.5 Å². The van der Waals surface area contributed by atoms with E-state index in [1.807, 2.05) is 0 Å². The zero-order valence-electron chi connectivity index (χ0n) is 13.4. The number of nitriles is 1. The molecule has 0 saturated heterocycles. The van der Waals surface area contributed by atoms with E-state index in [0.717, 1.165) is 24.3 Å². The molecule has 2 aromatic carbocycles. The van der Waals surface area contributed by atoms with Crippen LogP contribution in [0, 0.1) is 23.1 Å². The second kappa shape index (κ2) is 8.43. The van der Waals surface area contributed by atoms with Crippen molar-refractivity contribution < 1.29 is 22.0 Å². The number of aliphatic imine (C=N–C) groups is 1. The average Bonchev–Trinajstić information content (AvgIpc) is 2.53. The van der Waals surface area contributed by atoms with E-state index in [4.69, 9.17) is 5.26 Å². The number of halogens is 5. The maximum absolute atomic E-state index is 13.1. The number of rotatable bonds is 5. The molecule has 136 valence electrons. The predicted octanol–water partition coefficient (Wildman–Crippen LogP) is 4.24. The van der Waals surface area contributed by atoms with Crippen molar-refractivity contribution in [3.63, 3.8) is 0 Å². The Bertz CT molecular complexity index is 817. The molecule has 2 aromatic rings. The highest BCUT2D eigenvalue weighted by atomic mass is 19.4. The van der Waals surface area contributed by atoms with Crippen molar-refractivity contribution in [2.45, 2.75) is 19.0 Å². The lowest BCUT2D eigenvalue weighted by Crippen LogP contribution is -2.28. The van der Waals surface area contributed by atoms with Crippen LogP contribution in [0.3, 0.4) is 0 Å². The van der Waals surface area contributed by atoms with E-state index in [-0.39, 0.29) is 30.8 Å². The van der Waals surface area contributed by atoms with Crippen LogP contribution in [0.5, 0.6) is 0 Å². The molecule has 0 atom stereocenters. The van der Waals surface area contributed by atoms with Crippen molar-refractivity contribution >= 4 is 5.84 Å². The van der Waals surface area contributed by atoms with Gasteiger partial charge in [-0.15, -0.1) is 0 Å². The fourth-order valence-electron chi connectivity index (χ4n) is 2.44. The molecule has 0 unspecified atom stereocenters. The van der Waals surface area contributed by atoms with Crippen LogP contribution < -0.4 is 5.32 Å². The third-order valence-corrected chi connectivity index (χ3v) is 3.53. The van der Waals surface area contributed by atoms with Gasteiger partial charge in [0.05, 0.1) is 5.56 Å². The molecule has 0 saturated carbocycles. The Labute approximate surface area is 146 Å². The van der Waals surface area contributed by atoms with Crippen molar-refractivity contribution in [1.29, 1.82) is 5.26 Å². The average molecular weight is 367 g/mol. The van der Waals surface area contributed by atoms with Crippen molar-refractivity contribution in [3.8, 4) is 6.19 Å². The quantitative estimate of drug-likeness (QED) is 0.372. The number of amidine groups is 1. The van der Waals surface area contributed by atoms with Gasteiger partial charge in [0.2, 0.25) is 6.19 Å². The van der Waals surface area contributed by atoms with Crippen LogP contribution in [-0.2, 0) is 19.0 Å². The van der Waals surface area contributed by atoms with Gasteiger partial charge in [0.15, 0.2) is 0 Å². The van der Waals surface area contributed by atoms with E-state index in [0.29, 0.717) is 5.56 Å². The summed E-state index contributed by atoms with van der Waals surface area (Å²) in [6, 6.07) is 8.06. The summed E-state index contributed by atoms with van der Waals surface area (Å²) in [5, 5.41) is 11.5. The molecular weight excluding hydrogens is 353 g/mol. The maximum atomic E-state index is 13.1. The highest BCUT2D eigenvalue weighted by molar-refractivity contribution is 5.85. The minimum atomic E-state index is -4.52. The lowest BCUT2D eigenvalue weighted by atomic mass is 10.0. The minimum absolute atomic E-state index is 0.0294. The van der Waals surface area contributed by atoms with Crippen LogP contribution in [0.4, 0.5) is 22.0 Å². The maximum Gasteiger partial charge on any atom is 0.416 e. The molecule has 0 fully saturated rings. The van der Waals surface area contributed by atoms with E-state index in [1.54, 1.807) is 0 Å². The number of nitrogens with one attached hydrogen (secondary N) is 1. The second-order valence-electron chi connectivity index (χ2n) is 5.44. The lowest BCUT2D eigenvalue weighted by Gasteiger charge is -2.14. The third kappa shape index (κ3) is 5.55. The molecule has 2 rings (SSSR count). The van der Waals surface area contributed by atoms with Crippen LogP contribution in [-0.4, -0.2) is 12.4 Å². The molecule has 3 nitrogen and oxygen atoms in total. The first-order valence-electron chi connectivity index (χ1n) is 7.59. The molecule has 0 bridgehead atoms.